The van der Waals surface area contributed by atoms with Crippen molar-refractivity contribution in [2.24, 2.45) is 0 Å². The van der Waals surface area contributed by atoms with Crippen LogP contribution in [0.15, 0.2) is 108 Å². The van der Waals surface area contributed by atoms with Crippen molar-refractivity contribution in [1.82, 2.24) is 10.2 Å². The zero-order valence-corrected chi connectivity index (χ0v) is 27.9. The molecule has 0 radical (unpaired) electrons. The highest BCUT2D eigenvalue weighted by Crippen LogP contribution is 2.38. The first-order valence-corrected chi connectivity index (χ1v) is 16.6. The van der Waals surface area contributed by atoms with Gasteiger partial charge < -0.3 is 10.2 Å². The van der Waals surface area contributed by atoms with Crippen LogP contribution in [-0.2, 0) is 38.8 Å². The number of alkyl halides is 3. The summed E-state index contributed by atoms with van der Waals surface area (Å²) >= 11 is 5.85. The lowest BCUT2D eigenvalue weighted by Gasteiger charge is -2.35. The number of hydrogen-bond donors (Lipinski definition) is 1. The van der Waals surface area contributed by atoms with Gasteiger partial charge >= 0.3 is 6.18 Å². The Labute approximate surface area is 282 Å². The Bertz CT molecular complexity index is 1830. The van der Waals surface area contributed by atoms with Gasteiger partial charge in [-0.1, -0.05) is 72.3 Å². The molecule has 254 valence electrons. The number of carbonyl (C=O) groups is 2. The summed E-state index contributed by atoms with van der Waals surface area (Å²) in [6, 6.07) is 22.3. The van der Waals surface area contributed by atoms with Gasteiger partial charge in [0.15, 0.2) is 0 Å². The number of nitrogens with zero attached hydrogens (tertiary/aromatic N) is 2. The van der Waals surface area contributed by atoms with E-state index in [4.69, 9.17) is 11.6 Å². The molecule has 4 rings (SSSR count). The van der Waals surface area contributed by atoms with E-state index in [2.05, 4.69) is 5.32 Å². The number of nitrogens with one attached hydrogen (secondary N) is 1. The van der Waals surface area contributed by atoms with Gasteiger partial charge in [-0.3, -0.25) is 13.9 Å². The standard InChI is InChI=1S/C35H34ClF4N3O4S/c1-34(2,3)41-33(45)31(20-24-10-6-4-7-11-24)42(22-25-14-16-26(37)17-15-25)32(44)23-43(48(46,47)28-12-8-5-9-13-28)27-18-19-30(36)29(21-27)35(38,39)40/h4-19,21,31H,20,22-23H2,1-3H3,(H,41,45)/t31-/m0/s1. The van der Waals surface area contributed by atoms with Crippen LogP contribution < -0.4 is 9.62 Å². The topological polar surface area (TPSA) is 86.8 Å². The van der Waals surface area contributed by atoms with Crippen LogP contribution in [0, 0.1) is 5.82 Å². The van der Waals surface area contributed by atoms with E-state index < -0.39 is 68.2 Å². The predicted octanol–water partition coefficient (Wildman–Crippen LogP) is 7.25. The average molecular weight is 704 g/mol. The van der Waals surface area contributed by atoms with Crippen LogP contribution in [0.2, 0.25) is 5.02 Å². The molecule has 0 saturated carbocycles. The minimum atomic E-state index is -4.93. The second-order valence-corrected chi connectivity index (χ2v) is 14.3. The maximum Gasteiger partial charge on any atom is 0.417 e. The molecule has 1 N–H and O–H groups in total. The highest BCUT2D eigenvalue weighted by atomic mass is 35.5. The number of anilines is 1. The summed E-state index contributed by atoms with van der Waals surface area (Å²) in [5.74, 6) is -1.98. The largest absolute Gasteiger partial charge is 0.417 e. The van der Waals surface area contributed by atoms with Gasteiger partial charge in [0.2, 0.25) is 11.8 Å². The lowest BCUT2D eigenvalue weighted by Crippen LogP contribution is -2.56. The minimum Gasteiger partial charge on any atom is -0.350 e. The van der Waals surface area contributed by atoms with E-state index in [0.717, 1.165) is 17.0 Å². The van der Waals surface area contributed by atoms with E-state index >= 15 is 0 Å². The van der Waals surface area contributed by atoms with Crippen molar-refractivity contribution in [2.75, 3.05) is 10.8 Å². The minimum absolute atomic E-state index is 0.0142. The fourth-order valence-corrected chi connectivity index (χ4v) is 6.58. The van der Waals surface area contributed by atoms with Crippen molar-refractivity contribution in [3.63, 3.8) is 0 Å². The fourth-order valence-electron chi connectivity index (χ4n) is 4.93. The van der Waals surface area contributed by atoms with Gasteiger partial charge in [-0.05, 0) is 74.4 Å². The van der Waals surface area contributed by atoms with E-state index in [0.29, 0.717) is 21.5 Å². The summed E-state index contributed by atoms with van der Waals surface area (Å²) in [6.07, 6.45) is -4.92. The third-order valence-electron chi connectivity index (χ3n) is 7.19. The summed E-state index contributed by atoms with van der Waals surface area (Å²) in [4.78, 5) is 29.2. The molecule has 0 saturated heterocycles. The molecule has 0 aliphatic rings. The first-order chi connectivity index (χ1) is 22.5. The molecule has 0 heterocycles. The van der Waals surface area contributed by atoms with Gasteiger partial charge in [-0.2, -0.15) is 13.2 Å². The van der Waals surface area contributed by atoms with E-state index in [1.54, 1.807) is 57.2 Å². The van der Waals surface area contributed by atoms with Crippen molar-refractivity contribution in [1.29, 1.82) is 0 Å². The zero-order chi connectivity index (χ0) is 35.3. The van der Waals surface area contributed by atoms with Crippen molar-refractivity contribution >= 4 is 39.1 Å². The molecule has 13 heteroatoms. The van der Waals surface area contributed by atoms with Gasteiger partial charge in [-0.15, -0.1) is 0 Å². The number of amides is 2. The third kappa shape index (κ3) is 9.35. The molecule has 7 nitrogen and oxygen atoms in total. The maximum atomic E-state index is 14.4. The first kappa shape index (κ1) is 36.4. The van der Waals surface area contributed by atoms with E-state index in [1.165, 1.54) is 48.5 Å². The Balaban J connectivity index is 1.87. The average Bonchev–Trinajstić information content (AvgIpc) is 3.02. The van der Waals surface area contributed by atoms with Crippen LogP contribution in [0.4, 0.5) is 23.2 Å². The quantitative estimate of drug-likeness (QED) is 0.167. The van der Waals surface area contributed by atoms with Crippen molar-refractivity contribution < 1.29 is 35.6 Å². The number of rotatable bonds is 11. The van der Waals surface area contributed by atoms with E-state index in [-0.39, 0.29) is 17.9 Å². The fraction of sp³-hybridized carbons (Fsp3) is 0.257. The highest BCUT2D eigenvalue weighted by Gasteiger charge is 2.38. The molecule has 0 unspecified atom stereocenters. The zero-order valence-electron chi connectivity index (χ0n) is 26.3. The van der Waals surface area contributed by atoms with Gasteiger partial charge in [0.1, 0.15) is 18.4 Å². The van der Waals surface area contributed by atoms with Crippen molar-refractivity contribution in [3.05, 3.63) is 131 Å². The van der Waals surface area contributed by atoms with Crippen LogP contribution in [-0.4, -0.2) is 43.3 Å². The monoisotopic (exact) mass is 703 g/mol. The second-order valence-electron chi connectivity index (χ2n) is 12.1. The van der Waals surface area contributed by atoms with Crippen molar-refractivity contribution in [3.8, 4) is 0 Å². The molecule has 0 aromatic heterocycles. The predicted molar refractivity (Wildman–Crippen MR) is 176 cm³/mol. The third-order valence-corrected chi connectivity index (χ3v) is 9.31. The number of carbonyl (C=O) groups excluding carboxylic acids is 2. The molecule has 2 amide bonds. The lowest BCUT2D eigenvalue weighted by atomic mass is 10.0. The van der Waals surface area contributed by atoms with Gasteiger partial charge in [-0.25, -0.2) is 12.8 Å². The summed E-state index contributed by atoms with van der Waals surface area (Å²) in [7, 11) is -4.64. The molecule has 0 fully saturated rings. The SMILES string of the molecule is CC(C)(C)NC(=O)[C@H](Cc1ccccc1)N(Cc1ccc(F)cc1)C(=O)CN(c1ccc(Cl)c(C(F)(F)F)c1)S(=O)(=O)c1ccccc1. The number of benzene rings is 4. The lowest BCUT2D eigenvalue weighted by molar-refractivity contribution is -0.140. The molecule has 0 aliphatic carbocycles. The molecule has 4 aromatic carbocycles. The molecule has 48 heavy (non-hydrogen) atoms. The van der Waals surface area contributed by atoms with Gasteiger partial charge in [0, 0.05) is 18.5 Å². The molecule has 0 spiro atoms. The number of sulfonamides is 1. The summed E-state index contributed by atoms with van der Waals surface area (Å²) in [5.41, 5.74) is -1.38. The first-order valence-electron chi connectivity index (χ1n) is 14.8. The number of halogens is 5. The maximum absolute atomic E-state index is 14.4. The molecule has 0 aliphatic heterocycles. The summed E-state index contributed by atoms with van der Waals surface area (Å²) in [5, 5.41) is 2.22. The smallest absolute Gasteiger partial charge is 0.350 e. The summed E-state index contributed by atoms with van der Waals surface area (Å²) < 4.78 is 84.2. The van der Waals surface area contributed by atoms with Crippen molar-refractivity contribution in [2.45, 2.75) is 56.4 Å². The van der Waals surface area contributed by atoms with E-state index in [1.807, 2.05) is 0 Å². The highest BCUT2D eigenvalue weighted by molar-refractivity contribution is 7.92. The van der Waals surface area contributed by atoms with Gasteiger partial charge in [0.05, 0.1) is 21.2 Å². The Morgan fingerprint density at radius 1 is 0.833 bits per heavy atom. The van der Waals surface area contributed by atoms with Crippen LogP contribution in [0.3, 0.4) is 0 Å². The summed E-state index contributed by atoms with van der Waals surface area (Å²) in [6.45, 7) is 4.03. The molecule has 4 aromatic rings. The van der Waals surface area contributed by atoms with Gasteiger partial charge in [0.25, 0.3) is 10.0 Å². The van der Waals surface area contributed by atoms with Crippen LogP contribution >= 0.6 is 11.6 Å². The second kappa shape index (κ2) is 14.8. The Morgan fingerprint density at radius 3 is 1.98 bits per heavy atom. The molecule has 1 atom stereocenters. The normalized spacial score (nSPS) is 12.7. The Morgan fingerprint density at radius 2 is 1.42 bits per heavy atom. The van der Waals surface area contributed by atoms with Crippen LogP contribution in [0.5, 0.6) is 0 Å². The molecular weight excluding hydrogens is 670 g/mol. The molecule has 0 bridgehead atoms. The molecular formula is C35H34ClF4N3O4S. The van der Waals surface area contributed by atoms with E-state index in [9.17, 15) is 35.6 Å². The number of hydrogen-bond acceptors (Lipinski definition) is 4. The Kier molecular flexibility index (Phi) is 11.2. The Hall–Kier alpha value is -4.42. The van der Waals surface area contributed by atoms with Crippen LogP contribution in [0.1, 0.15) is 37.5 Å². The van der Waals surface area contributed by atoms with Crippen LogP contribution in [0.25, 0.3) is 0 Å².